The van der Waals surface area contributed by atoms with Crippen molar-refractivity contribution in [1.82, 2.24) is 20.0 Å². The standard InChI is InChI=1S/C21H38N4O5/c1-7-29-19(27)24-12-10-23(11-13-24)17(26)14-22-18-15(2)8-9-25(16(18)3)20(28)30-21(4,5)6/h15-16,18,22H,7-14H2,1-6H3/t15-,16+,18-/m1/s1. The quantitative estimate of drug-likeness (QED) is 0.738. The number of hydrogen-bond donors (Lipinski definition) is 1. The number of amides is 3. The van der Waals surface area contributed by atoms with Gasteiger partial charge in [-0.25, -0.2) is 9.59 Å². The van der Waals surface area contributed by atoms with E-state index in [-0.39, 0.29) is 36.7 Å². The second-order valence-corrected chi connectivity index (χ2v) is 9.15. The minimum absolute atomic E-state index is 0.00676. The summed E-state index contributed by atoms with van der Waals surface area (Å²) in [6, 6.07) is -0.0619. The summed E-state index contributed by atoms with van der Waals surface area (Å²) in [6.45, 7) is 14.7. The molecule has 9 nitrogen and oxygen atoms in total. The third-order valence-electron chi connectivity index (χ3n) is 5.73. The van der Waals surface area contributed by atoms with Gasteiger partial charge in [-0.05, 0) is 47.0 Å². The average molecular weight is 427 g/mol. The van der Waals surface area contributed by atoms with Gasteiger partial charge in [-0.15, -0.1) is 0 Å². The fraction of sp³-hybridized carbons (Fsp3) is 0.857. The van der Waals surface area contributed by atoms with Crippen LogP contribution in [0.2, 0.25) is 0 Å². The van der Waals surface area contributed by atoms with Crippen molar-refractivity contribution in [2.24, 2.45) is 5.92 Å². The third kappa shape index (κ3) is 6.48. The van der Waals surface area contributed by atoms with E-state index in [2.05, 4.69) is 12.2 Å². The predicted octanol–water partition coefficient (Wildman–Crippen LogP) is 1.91. The normalized spacial score (nSPS) is 25.1. The molecule has 1 N–H and O–H groups in total. The molecule has 2 heterocycles. The van der Waals surface area contributed by atoms with Gasteiger partial charge in [0.1, 0.15) is 5.60 Å². The molecule has 0 aromatic carbocycles. The first-order chi connectivity index (χ1) is 14.0. The van der Waals surface area contributed by atoms with Gasteiger partial charge < -0.3 is 29.5 Å². The average Bonchev–Trinajstić information content (AvgIpc) is 2.66. The molecule has 0 aromatic heterocycles. The van der Waals surface area contributed by atoms with Gasteiger partial charge in [0.25, 0.3) is 0 Å². The number of ether oxygens (including phenoxy) is 2. The van der Waals surface area contributed by atoms with Gasteiger partial charge in [-0.3, -0.25) is 4.79 Å². The van der Waals surface area contributed by atoms with Crippen LogP contribution in [0.25, 0.3) is 0 Å². The second-order valence-electron chi connectivity index (χ2n) is 9.15. The maximum atomic E-state index is 12.7. The highest BCUT2D eigenvalue weighted by Crippen LogP contribution is 2.25. The van der Waals surface area contributed by atoms with E-state index in [4.69, 9.17) is 9.47 Å². The zero-order valence-electron chi connectivity index (χ0n) is 19.3. The predicted molar refractivity (Wildman–Crippen MR) is 113 cm³/mol. The third-order valence-corrected chi connectivity index (χ3v) is 5.73. The first-order valence-corrected chi connectivity index (χ1v) is 11.0. The van der Waals surface area contributed by atoms with Crippen molar-refractivity contribution < 1.29 is 23.9 Å². The van der Waals surface area contributed by atoms with E-state index in [9.17, 15) is 14.4 Å². The topological polar surface area (TPSA) is 91.4 Å². The Bertz CT molecular complexity index is 613. The maximum Gasteiger partial charge on any atom is 0.410 e. The van der Waals surface area contributed by atoms with Crippen LogP contribution in [0.4, 0.5) is 9.59 Å². The molecule has 0 spiro atoms. The van der Waals surface area contributed by atoms with Crippen LogP contribution < -0.4 is 5.32 Å². The molecule has 0 saturated carbocycles. The Morgan fingerprint density at radius 1 is 0.967 bits per heavy atom. The van der Waals surface area contributed by atoms with Gasteiger partial charge in [-0.1, -0.05) is 6.92 Å². The van der Waals surface area contributed by atoms with Gasteiger partial charge in [-0.2, -0.15) is 0 Å². The lowest BCUT2D eigenvalue weighted by atomic mass is 9.87. The van der Waals surface area contributed by atoms with Gasteiger partial charge in [0.15, 0.2) is 0 Å². The Labute approximate surface area is 180 Å². The Kier molecular flexibility index (Phi) is 8.34. The summed E-state index contributed by atoms with van der Waals surface area (Å²) in [5, 5.41) is 3.37. The molecule has 9 heteroatoms. The van der Waals surface area contributed by atoms with Crippen LogP contribution in [0.5, 0.6) is 0 Å². The largest absolute Gasteiger partial charge is 0.450 e. The van der Waals surface area contributed by atoms with Crippen molar-refractivity contribution in [3.63, 3.8) is 0 Å². The summed E-state index contributed by atoms with van der Waals surface area (Å²) >= 11 is 0. The van der Waals surface area contributed by atoms with Crippen LogP contribution in [0.15, 0.2) is 0 Å². The fourth-order valence-electron chi connectivity index (χ4n) is 4.02. The summed E-state index contributed by atoms with van der Waals surface area (Å²) in [7, 11) is 0. The molecule has 2 saturated heterocycles. The van der Waals surface area contributed by atoms with Gasteiger partial charge in [0.2, 0.25) is 5.91 Å². The van der Waals surface area contributed by atoms with E-state index in [1.807, 2.05) is 27.7 Å². The lowest BCUT2D eigenvalue weighted by Crippen LogP contribution is -2.60. The molecule has 0 unspecified atom stereocenters. The molecule has 2 aliphatic heterocycles. The Morgan fingerprint density at radius 3 is 2.13 bits per heavy atom. The van der Waals surface area contributed by atoms with Crippen LogP contribution in [-0.2, 0) is 14.3 Å². The number of nitrogens with one attached hydrogen (secondary N) is 1. The Balaban J connectivity index is 1.85. The molecule has 2 rings (SSSR count). The van der Waals surface area contributed by atoms with E-state index >= 15 is 0 Å². The summed E-state index contributed by atoms with van der Waals surface area (Å²) in [5.41, 5.74) is -0.537. The summed E-state index contributed by atoms with van der Waals surface area (Å²) in [4.78, 5) is 42.2. The maximum absolute atomic E-state index is 12.7. The second kappa shape index (κ2) is 10.3. The van der Waals surface area contributed by atoms with Crippen LogP contribution >= 0.6 is 0 Å². The van der Waals surface area contributed by atoms with Crippen molar-refractivity contribution in [3.05, 3.63) is 0 Å². The van der Waals surface area contributed by atoms with Crippen LogP contribution in [-0.4, -0.2) is 96.4 Å². The number of hydrogen-bond acceptors (Lipinski definition) is 6. The Morgan fingerprint density at radius 2 is 1.57 bits per heavy atom. The molecule has 2 aliphatic rings. The monoisotopic (exact) mass is 426 g/mol. The number of nitrogens with zero attached hydrogens (tertiary/aromatic N) is 3. The minimum Gasteiger partial charge on any atom is -0.450 e. The lowest BCUT2D eigenvalue weighted by Gasteiger charge is -2.43. The van der Waals surface area contributed by atoms with E-state index in [1.54, 1.807) is 21.6 Å². The first kappa shape index (κ1) is 24.2. The molecular weight excluding hydrogens is 388 g/mol. The zero-order valence-corrected chi connectivity index (χ0v) is 19.3. The fourth-order valence-corrected chi connectivity index (χ4v) is 4.02. The summed E-state index contributed by atoms with van der Waals surface area (Å²) in [6.07, 6.45) is 0.220. The molecule has 0 aliphatic carbocycles. The molecule has 172 valence electrons. The smallest absolute Gasteiger partial charge is 0.410 e. The molecule has 3 amide bonds. The molecule has 30 heavy (non-hydrogen) atoms. The van der Waals surface area contributed by atoms with Crippen molar-refractivity contribution in [1.29, 1.82) is 0 Å². The molecule has 0 radical (unpaired) electrons. The number of piperidine rings is 1. The van der Waals surface area contributed by atoms with Crippen molar-refractivity contribution >= 4 is 18.1 Å². The van der Waals surface area contributed by atoms with E-state index in [1.165, 1.54) is 0 Å². The zero-order chi connectivity index (χ0) is 22.5. The molecule has 0 aromatic rings. The Hall–Kier alpha value is -2.03. The molecule has 2 fully saturated rings. The van der Waals surface area contributed by atoms with Gasteiger partial charge >= 0.3 is 12.2 Å². The highest BCUT2D eigenvalue weighted by atomic mass is 16.6. The van der Waals surface area contributed by atoms with Crippen molar-refractivity contribution in [2.75, 3.05) is 45.9 Å². The SMILES string of the molecule is CCOC(=O)N1CCN(C(=O)CN[C@@H]2[C@H](C)CCN(C(=O)OC(C)(C)C)[C@H]2C)CC1. The molecule has 3 atom stereocenters. The highest BCUT2D eigenvalue weighted by Gasteiger charge is 2.37. The number of carbonyl (C=O) groups excluding carboxylic acids is 3. The van der Waals surface area contributed by atoms with E-state index in [0.29, 0.717) is 45.2 Å². The first-order valence-electron chi connectivity index (χ1n) is 11.0. The van der Waals surface area contributed by atoms with Crippen molar-refractivity contribution in [2.45, 2.75) is 65.6 Å². The highest BCUT2D eigenvalue weighted by molar-refractivity contribution is 5.79. The van der Waals surface area contributed by atoms with E-state index in [0.717, 1.165) is 6.42 Å². The lowest BCUT2D eigenvalue weighted by molar-refractivity contribution is -0.132. The van der Waals surface area contributed by atoms with Gasteiger partial charge in [0.05, 0.1) is 13.2 Å². The number of carbonyl (C=O) groups is 3. The number of likely N-dealkylation sites (tertiary alicyclic amines) is 1. The number of piperazine rings is 1. The molecule has 0 bridgehead atoms. The number of rotatable bonds is 4. The van der Waals surface area contributed by atoms with Crippen LogP contribution in [0, 0.1) is 5.92 Å². The summed E-state index contributed by atoms with van der Waals surface area (Å²) < 4.78 is 10.6. The van der Waals surface area contributed by atoms with Crippen LogP contribution in [0.3, 0.4) is 0 Å². The minimum atomic E-state index is -0.537. The molecular formula is C21H38N4O5. The van der Waals surface area contributed by atoms with Crippen molar-refractivity contribution in [3.8, 4) is 0 Å². The van der Waals surface area contributed by atoms with Gasteiger partial charge in [0, 0.05) is 44.8 Å². The summed E-state index contributed by atoms with van der Waals surface area (Å²) in [5.74, 6) is 0.347. The van der Waals surface area contributed by atoms with Crippen LogP contribution in [0.1, 0.15) is 48.0 Å². The van der Waals surface area contributed by atoms with E-state index < -0.39 is 5.60 Å².